The Balaban J connectivity index is 2.06. The molecule has 1 aliphatic carbocycles. The first-order chi connectivity index (χ1) is 5.99. The molecule has 0 saturated heterocycles. The van der Waals surface area contributed by atoms with E-state index in [1.54, 1.807) is 0 Å². The molecule has 72 valence electrons. The fourth-order valence-electron chi connectivity index (χ4n) is 1.33. The zero-order chi connectivity index (χ0) is 9.90. The highest BCUT2D eigenvalue weighted by Crippen LogP contribution is 2.39. The third-order valence-corrected chi connectivity index (χ3v) is 3.17. The highest BCUT2D eigenvalue weighted by Gasteiger charge is 2.25. The van der Waals surface area contributed by atoms with Gasteiger partial charge in [-0.05, 0) is 25.2 Å². The SMILES string of the molecule is C=C1CC1CCCC#C[Si](C)(C)C. The second kappa shape index (κ2) is 4.15. The van der Waals surface area contributed by atoms with Gasteiger partial charge in [-0.3, -0.25) is 0 Å². The molecule has 0 nitrogen and oxygen atoms in total. The lowest BCUT2D eigenvalue weighted by Gasteiger charge is -2.03. The van der Waals surface area contributed by atoms with Gasteiger partial charge in [-0.1, -0.05) is 31.8 Å². The Hall–Kier alpha value is -0.483. The fraction of sp³-hybridized carbons (Fsp3) is 0.667. The van der Waals surface area contributed by atoms with Crippen LogP contribution in [0.5, 0.6) is 0 Å². The Labute approximate surface area is 83.4 Å². The minimum Gasteiger partial charge on any atom is -0.132 e. The summed E-state index contributed by atoms with van der Waals surface area (Å²) in [6.07, 6.45) is 4.95. The lowest BCUT2D eigenvalue weighted by Crippen LogP contribution is -2.16. The van der Waals surface area contributed by atoms with Gasteiger partial charge < -0.3 is 0 Å². The van der Waals surface area contributed by atoms with Gasteiger partial charge in [0.1, 0.15) is 8.07 Å². The monoisotopic (exact) mass is 192 g/mol. The van der Waals surface area contributed by atoms with E-state index in [1.165, 1.54) is 24.8 Å². The molecule has 1 aliphatic rings. The van der Waals surface area contributed by atoms with E-state index in [-0.39, 0.29) is 0 Å². The summed E-state index contributed by atoms with van der Waals surface area (Å²) in [5.41, 5.74) is 4.85. The quantitative estimate of drug-likeness (QED) is 0.277. The molecule has 0 aliphatic heterocycles. The molecule has 1 unspecified atom stereocenters. The largest absolute Gasteiger partial charge is 0.132 e. The summed E-state index contributed by atoms with van der Waals surface area (Å²) < 4.78 is 0. The number of unbranched alkanes of at least 4 members (excludes halogenated alkanes) is 1. The maximum Gasteiger partial charge on any atom is 0.129 e. The fourth-order valence-corrected chi connectivity index (χ4v) is 1.98. The average molecular weight is 192 g/mol. The van der Waals surface area contributed by atoms with E-state index >= 15 is 0 Å². The number of hydrogen-bond acceptors (Lipinski definition) is 0. The van der Waals surface area contributed by atoms with Crippen molar-refractivity contribution >= 4 is 8.07 Å². The van der Waals surface area contributed by atoms with Gasteiger partial charge in [0.25, 0.3) is 0 Å². The van der Waals surface area contributed by atoms with Crippen LogP contribution in [0.1, 0.15) is 25.7 Å². The van der Waals surface area contributed by atoms with Crippen molar-refractivity contribution in [1.82, 2.24) is 0 Å². The summed E-state index contributed by atoms with van der Waals surface area (Å²) in [4.78, 5) is 0. The molecule has 0 spiro atoms. The molecule has 0 aromatic rings. The second-order valence-corrected chi connectivity index (χ2v) is 9.75. The van der Waals surface area contributed by atoms with Gasteiger partial charge >= 0.3 is 0 Å². The van der Waals surface area contributed by atoms with E-state index in [0.717, 1.165) is 12.3 Å². The first kappa shape index (κ1) is 10.6. The maximum atomic E-state index is 3.96. The molecule has 1 saturated carbocycles. The van der Waals surface area contributed by atoms with Crippen LogP contribution in [0.15, 0.2) is 12.2 Å². The van der Waals surface area contributed by atoms with Gasteiger partial charge in [0, 0.05) is 6.42 Å². The first-order valence-electron chi connectivity index (χ1n) is 5.17. The Bertz CT molecular complexity index is 247. The Morgan fingerprint density at radius 2 is 2.08 bits per heavy atom. The van der Waals surface area contributed by atoms with Crippen LogP contribution in [0.25, 0.3) is 0 Å². The minimum absolute atomic E-state index is 0.855. The van der Waals surface area contributed by atoms with Gasteiger partial charge in [-0.15, -0.1) is 11.5 Å². The zero-order valence-corrected chi connectivity index (χ0v) is 10.1. The normalized spacial score (nSPS) is 20.8. The predicted octanol–water partition coefficient (Wildman–Crippen LogP) is 3.61. The molecule has 0 N–H and O–H groups in total. The Morgan fingerprint density at radius 3 is 2.54 bits per heavy atom. The molecule has 0 aromatic carbocycles. The van der Waals surface area contributed by atoms with Crippen molar-refractivity contribution in [2.45, 2.75) is 45.3 Å². The molecule has 1 rings (SSSR count). The van der Waals surface area contributed by atoms with E-state index < -0.39 is 8.07 Å². The predicted molar refractivity (Wildman–Crippen MR) is 62.2 cm³/mol. The van der Waals surface area contributed by atoms with Crippen molar-refractivity contribution in [3.05, 3.63) is 12.2 Å². The molecular formula is C12H20Si. The smallest absolute Gasteiger partial charge is 0.129 e. The van der Waals surface area contributed by atoms with E-state index in [1.807, 2.05) is 0 Å². The van der Waals surface area contributed by atoms with Crippen molar-refractivity contribution < 1.29 is 0 Å². The molecule has 1 heteroatoms. The molecule has 1 fully saturated rings. The van der Waals surface area contributed by atoms with Crippen LogP contribution in [0.2, 0.25) is 19.6 Å². The van der Waals surface area contributed by atoms with Gasteiger partial charge in [-0.2, -0.15) is 0 Å². The molecule has 1 atom stereocenters. The zero-order valence-electron chi connectivity index (χ0n) is 9.11. The molecule has 0 radical (unpaired) electrons. The van der Waals surface area contributed by atoms with Crippen molar-refractivity contribution in [1.29, 1.82) is 0 Å². The summed E-state index contributed by atoms with van der Waals surface area (Å²) in [5.74, 6) is 4.16. The number of rotatable bonds is 3. The van der Waals surface area contributed by atoms with Gasteiger partial charge in [0.15, 0.2) is 0 Å². The van der Waals surface area contributed by atoms with Crippen LogP contribution in [0, 0.1) is 17.4 Å². The van der Waals surface area contributed by atoms with E-state index in [0.29, 0.717) is 0 Å². The third kappa shape index (κ3) is 4.95. The first-order valence-corrected chi connectivity index (χ1v) is 8.67. The van der Waals surface area contributed by atoms with Crippen molar-refractivity contribution in [2.75, 3.05) is 0 Å². The molecule has 13 heavy (non-hydrogen) atoms. The Kier molecular flexibility index (Phi) is 3.38. The van der Waals surface area contributed by atoms with E-state index in [2.05, 4.69) is 37.7 Å². The summed E-state index contributed by atoms with van der Waals surface area (Å²) in [6, 6.07) is 0. The Morgan fingerprint density at radius 1 is 1.46 bits per heavy atom. The number of allylic oxidation sites excluding steroid dienone is 1. The van der Waals surface area contributed by atoms with E-state index in [4.69, 9.17) is 0 Å². The molecular weight excluding hydrogens is 172 g/mol. The molecule has 0 bridgehead atoms. The summed E-state index contributed by atoms with van der Waals surface area (Å²) in [7, 11) is -1.11. The standard InChI is InChI=1S/C12H20Si/c1-11-10-12(11)8-6-5-7-9-13(2,3)4/h12H,1,5-6,8,10H2,2-4H3. The average Bonchev–Trinajstić information content (AvgIpc) is 2.63. The highest BCUT2D eigenvalue weighted by atomic mass is 28.3. The number of hydrogen-bond donors (Lipinski definition) is 0. The van der Waals surface area contributed by atoms with Crippen LogP contribution in [-0.2, 0) is 0 Å². The van der Waals surface area contributed by atoms with Crippen molar-refractivity contribution in [2.24, 2.45) is 5.92 Å². The minimum atomic E-state index is -1.11. The van der Waals surface area contributed by atoms with Gasteiger partial charge in [0.05, 0.1) is 0 Å². The lowest BCUT2D eigenvalue weighted by atomic mass is 10.2. The van der Waals surface area contributed by atoms with Gasteiger partial charge in [-0.25, -0.2) is 0 Å². The summed E-state index contributed by atoms with van der Waals surface area (Å²) >= 11 is 0. The molecule has 0 heterocycles. The highest BCUT2D eigenvalue weighted by molar-refractivity contribution is 6.83. The topological polar surface area (TPSA) is 0 Å². The van der Waals surface area contributed by atoms with Crippen LogP contribution >= 0.6 is 0 Å². The van der Waals surface area contributed by atoms with Crippen LogP contribution < -0.4 is 0 Å². The van der Waals surface area contributed by atoms with Crippen molar-refractivity contribution in [3.63, 3.8) is 0 Å². The van der Waals surface area contributed by atoms with Crippen LogP contribution in [0.3, 0.4) is 0 Å². The third-order valence-electron chi connectivity index (χ3n) is 2.24. The van der Waals surface area contributed by atoms with Crippen LogP contribution in [0.4, 0.5) is 0 Å². The molecule has 0 aromatic heterocycles. The molecule has 0 amide bonds. The maximum absolute atomic E-state index is 3.96. The van der Waals surface area contributed by atoms with Crippen LogP contribution in [-0.4, -0.2) is 8.07 Å². The van der Waals surface area contributed by atoms with E-state index in [9.17, 15) is 0 Å². The summed E-state index contributed by atoms with van der Waals surface area (Å²) in [6.45, 7) is 10.8. The lowest BCUT2D eigenvalue weighted by molar-refractivity contribution is 0.698. The van der Waals surface area contributed by atoms with Crippen molar-refractivity contribution in [3.8, 4) is 11.5 Å². The summed E-state index contributed by atoms with van der Waals surface area (Å²) in [5, 5.41) is 0. The van der Waals surface area contributed by atoms with Gasteiger partial charge in [0.2, 0.25) is 0 Å². The second-order valence-electron chi connectivity index (χ2n) is 5.00.